The lowest BCUT2D eigenvalue weighted by atomic mass is 9.79. The number of carboxylic acid groups (broad SMARTS) is 1. The number of ether oxygens (including phenoxy) is 1. The van der Waals surface area contributed by atoms with Crippen molar-refractivity contribution >= 4 is 40.0 Å². The smallest absolute Gasteiger partial charge is 0.303 e. The largest absolute Gasteiger partial charge is 0.497 e. The molecule has 8 heteroatoms. The Bertz CT molecular complexity index is 1140. The van der Waals surface area contributed by atoms with Gasteiger partial charge in [-0.25, -0.2) is 0 Å². The first-order valence-electron chi connectivity index (χ1n) is 12.2. The minimum absolute atomic E-state index is 0.108. The summed E-state index contributed by atoms with van der Waals surface area (Å²) in [6.07, 6.45) is 3.67. The van der Waals surface area contributed by atoms with Gasteiger partial charge in [0.15, 0.2) is 0 Å². The van der Waals surface area contributed by atoms with Crippen molar-refractivity contribution in [2.75, 3.05) is 32.5 Å². The molecule has 1 aliphatic heterocycles. The van der Waals surface area contributed by atoms with Gasteiger partial charge < -0.3 is 19.8 Å². The molecule has 0 aliphatic carbocycles. The van der Waals surface area contributed by atoms with E-state index in [1.165, 1.54) is 9.77 Å². The van der Waals surface area contributed by atoms with E-state index in [4.69, 9.17) is 4.74 Å². The Hall–Kier alpha value is -2.13. The SMILES string of the molecule is COc1ccc2nccc(C(O)CC[C@@H]3CCN(CCSc4sccc4C)C[C@@H]3CC(=O)O)c2c1. The molecule has 0 spiro atoms. The number of aliphatic hydroxyl groups is 1. The summed E-state index contributed by atoms with van der Waals surface area (Å²) < 4.78 is 6.73. The van der Waals surface area contributed by atoms with Crippen LogP contribution in [0.2, 0.25) is 0 Å². The fourth-order valence-corrected chi connectivity index (χ4v) is 7.23. The lowest BCUT2D eigenvalue weighted by Crippen LogP contribution is -2.42. The van der Waals surface area contributed by atoms with Gasteiger partial charge in [-0.15, -0.1) is 23.1 Å². The molecule has 6 nitrogen and oxygen atoms in total. The van der Waals surface area contributed by atoms with Crippen molar-refractivity contribution in [1.82, 2.24) is 9.88 Å². The second kappa shape index (κ2) is 12.2. The number of hydrogen-bond donors (Lipinski definition) is 2. The monoisotopic (exact) mass is 514 g/mol. The highest BCUT2D eigenvalue weighted by Gasteiger charge is 2.31. The number of thiophene rings is 1. The average molecular weight is 515 g/mol. The van der Waals surface area contributed by atoms with E-state index >= 15 is 0 Å². The van der Waals surface area contributed by atoms with Crippen molar-refractivity contribution in [1.29, 1.82) is 0 Å². The second-order valence-electron chi connectivity index (χ2n) is 9.32. The first-order chi connectivity index (χ1) is 16.9. The van der Waals surface area contributed by atoms with E-state index in [2.05, 4.69) is 28.3 Å². The van der Waals surface area contributed by atoms with Gasteiger partial charge in [0.05, 0.1) is 22.9 Å². The van der Waals surface area contributed by atoms with Crippen LogP contribution in [0, 0.1) is 18.8 Å². The average Bonchev–Trinajstić information content (AvgIpc) is 3.26. The summed E-state index contributed by atoms with van der Waals surface area (Å²) in [5.74, 6) is 1.42. The van der Waals surface area contributed by atoms with Crippen molar-refractivity contribution < 1.29 is 19.7 Å². The number of benzene rings is 1. The lowest BCUT2D eigenvalue weighted by Gasteiger charge is -2.38. The lowest BCUT2D eigenvalue weighted by molar-refractivity contribution is -0.139. The van der Waals surface area contributed by atoms with E-state index in [-0.39, 0.29) is 12.3 Å². The molecule has 1 aliphatic rings. The number of piperidine rings is 1. The maximum atomic E-state index is 11.6. The molecule has 35 heavy (non-hydrogen) atoms. The Labute approximate surface area is 215 Å². The standard InChI is InChI=1S/C27H34N2O4S2/c1-18-9-13-34-27(18)35-14-12-29-11-8-19(20(17-29)15-26(31)32)3-6-25(30)22-7-10-28-24-5-4-21(33-2)16-23(22)24/h4-5,7,9-10,13,16,19-20,25,30H,3,6,8,11-12,14-15,17H2,1-2H3,(H,31,32)/t19-,20+,25?/m1/s1. The molecule has 0 radical (unpaired) electrons. The van der Waals surface area contributed by atoms with Crippen LogP contribution in [0.4, 0.5) is 0 Å². The number of carbonyl (C=O) groups is 1. The number of hydrogen-bond acceptors (Lipinski definition) is 7. The zero-order valence-electron chi connectivity index (χ0n) is 20.4. The molecule has 3 aromatic rings. The molecule has 2 N–H and O–H groups in total. The first kappa shape index (κ1) is 25.9. The topological polar surface area (TPSA) is 82.9 Å². The number of methoxy groups -OCH3 is 1. The third-order valence-electron chi connectivity index (χ3n) is 7.02. The van der Waals surface area contributed by atoms with Gasteiger partial charge >= 0.3 is 5.97 Å². The van der Waals surface area contributed by atoms with E-state index in [0.29, 0.717) is 12.3 Å². The zero-order chi connectivity index (χ0) is 24.8. The Balaban J connectivity index is 1.35. The quantitative estimate of drug-likeness (QED) is 0.321. The first-order valence-corrected chi connectivity index (χ1v) is 14.0. The molecule has 1 unspecified atom stereocenters. The van der Waals surface area contributed by atoms with Crippen molar-refractivity contribution in [2.24, 2.45) is 11.8 Å². The summed E-state index contributed by atoms with van der Waals surface area (Å²) in [4.78, 5) is 18.4. The van der Waals surface area contributed by atoms with E-state index in [1.54, 1.807) is 24.6 Å². The van der Waals surface area contributed by atoms with E-state index < -0.39 is 12.1 Å². The summed E-state index contributed by atoms with van der Waals surface area (Å²) in [5.41, 5.74) is 3.01. The number of carboxylic acids is 1. The molecule has 188 valence electrons. The number of pyridine rings is 1. The van der Waals surface area contributed by atoms with Crippen LogP contribution in [-0.2, 0) is 4.79 Å². The fraction of sp³-hybridized carbons (Fsp3) is 0.481. The number of aromatic nitrogens is 1. The molecule has 0 amide bonds. The number of aliphatic carboxylic acids is 1. The number of aliphatic hydroxyl groups excluding tert-OH is 1. The zero-order valence-corrected chi connectivity index (χ0v) is 22.0. The Morgan fingerprint density at radius 1 is 1.31 bits per heavy atom. The highest BCUT2D eigenvalue weighted by Crippen LogP contribution is 2.35. The summed E-state index contributed by atoms with van der Waals surface area (Å²) in [6.45, 7) is 4.91. The third kappa shape index (κ3) is 6.76. The number of thioether (sulfide) groups is 1. The van der Waals surface area contributed by atoms with Crippen LogP contribution in [0.1, 0.15) is 42.9 Å². The van der Waals surface area contributed by atoms with Gasteiger partial charge in [0, 0.05) is 36.8 Å². The van der Waals surface area contributed by atoms with Gasteiger partial charge in [0.2, 0.25) is 0 Å². The van der Waals surface area contributed by atoms with E-state index in [9.17, 15) is 15.0 Å². The molecule has 4 rings (SSSR count). The van der Waals surface area contributed by atoms with Gasteiger partial charge in [-0.1, -0.05) is 0 Å². The van der Waals surface area contributed by atoms with Crippen LogP contribution in [0.3, 0.4) is 0 Å². The predicted octanol–water partition coefficient (Wildman–Crippen LogP) is 5.63. The third-order valence-corrected chi connectivity index (χ3v) is 9.44. The van der Waals surface area contributed by atoms with Crippen LogP contribution >= 0.6 is 23.1 Å². The van der Waals surface area contributed by atoms with Crippen molar-refractivity contribution in [3.63, 3.8) is 0 Å². The van der Waals surface area contributed by atoms with Crippen LogP contribution in [-0.4, -0.2) is 58.6 Å². The van der Waals surface area contributed by atoms with Gasteiger partial charge in [-0.3, -0.25) is 9.78 Å². The normalized spacial score (nSPS) is 19.6. The van der Waals surface area contributed by atoms with E-state index in [1.807, 2.05) is 36.0 Å². The van der Waals surface area contributed by atoms with Crippen LogP contribution in [0.5, 0.6) is 5.75 Å². The minimum Gasteiger partial charge on any atom is -0.497 e. The number of rotatable bonds is 11. The highest BCUT2D eigenvalue weighted by atomic mass is 32.2. The highest BCUT2D eigenvalue weighted by molar-refractivity contribution is 8.01. The second-order valence-corrected chi connectivity index (χ2v) is 11.6. The minimum atomic E-state index is -0.738. The molecule has 1 saturated heterocycles. The summed E-state index contributed by atoms with van der Waals surface area (Å²) in [5, 5.41) is 23.6. The fourth-order valence-electron chi connectivity index (χ4n) is 5.06. The van der Waals surface area contributed by atoms with Crippen molar-refractivity contribution in [3.05, 3.63) is 53.0 Å². The molecule has 0 saturated carbocycles. The van der Waals surface area contributed by atoms with Crippen molar-refractivity contribution in [2.45, 2.75) is 42.9 Å². The molecular weight excluding hydrogens is 480 g/mol. The summed E-state index contributed by atoms with van der Waals surface area (Å²) in [6, 6.07) is 9.72. The maximum absolute atomic E-state index is 11.6. The van der Waals surface area contributed by atoms with Crippen molar-refractivity contribution in [3.8, 4) is 5.75 Å². The molecule has 1 fully saturated rings. The number of fused-ring (bicyclic) bond motifs is 1. The summed E-state index contributed by atoms with van der Waals surface area (Å²) >= 11 is 3.68. The molecular formula is C27H34N2O4S2. The van der Waals surface area contributed by atoms with Gasteiger partial charge in [-0.05, 0) is 91.4 Å². The van der Waals surface area contributed by atoms with Crippen LogP contribution in [0.15, 0.2) is 46.1 Å². The molecule has 3 atom stereocenters. The van der Waals surface area contributed by atoms with Gasteiger partial charge in [-0.2, -0.15) is 0 Å². The van der Waals surface area contributed by atoms with Crippen LogP contribution in [0.25, 0.3) is 10.9 Å². The predicted molar refractivity (Wildman–Crippen MR) is 143 cm³/mol. The number of aryl methyl sites for hydroxylation is 1. The number of likely N-dealkylation sites (tertiary alicyclic amines) is 1. The molecule has 2 aromatic heterocycles. The molecule has 0 bridgehead atoms. The molecule has 3 heterocycles. The van der Waals surface area contributed by atoms with Crippen LogP contribution < -0.4 is 4.74 Å². The Morgan fingerprint density at radius 3 is 2.91 bits per heavy atom. The van der Waals surface area contributed by atoms with Gasteiger partial charge in [0.25, 0.3) is 0 Å². The maximum Gasteiger partial charge on any atom is 0.303 e. The van der Waals surface area contributed by atoms with Gasteiger partial charge in [0.1, 0.15) is 5.75 Å². The van der Waals surface area contributed by atoms with E-state index in [0.717, 1.165) is 60.4 Å². The number of nitrogens with zero attached hydrogens (tertiary/aromatic N) is 2. The Morgan fingerprint density at radius 2 is 2.17 bits per heavy atom. The molecule has 1 aromatic carbocycles. The Kier molecular flexibility index (Phi) is 9.05. The summed E-state index contributed by atoms with van der Waals surface area (Å²) in [7, 11) is 1.63.